The van der Waals surface area contributed by atoms with Crippen LogP contribution in [0.1, 0.15) is 38.7 Å². The van der Waals surface area contributed by atoms with Crippen LogP contribution in [0.2, 0.25) is 0 Å². The molecule has 2 aliphatic heterocycles. The van der Waals surface area contributed by atoms with Crippen molar-refractivity contribution in [1.82, 2.24) is 14.1 Å². The number of rotatable bonds is 5. The van der Waals surface area contributed by atoms with Gasteiger partial charge in [-0.3, -0.25) is 9.59 Å². The lowest BCUT2D eigenvalue weighted by Gasteiger charge is -2.38. The van der Waals surface area contributed by atoms with Crippen LogP contribution >= 0.6 is 0 Å². The minimum atomic E-state index is -3.55. The Bertz CT molecular complexity index is 830. The van der Waals surface area contributed by atoms with E-state index < -0.39 is 10.0 Å². The Morgan fingerprint density at radius 2 is 1.66 bits per heavy atom. The fourth-order valence-electron chi connectivity index (χ4n) is 4.14. The van der Waals surface area contributed by atoms with Crippen LogP contribution in [0, 0.1) is 5.92 Å². The van der Waals surface area contributed by atoms with Crippen LogP contribution in [0.4, 0.5) is 0 Å². The molecule has 0 radical (unpaired) electrons. The van der Waals surface area contributed by atoms with E-state index in [4.69, 9.17) is 0 Å². The molecule has 0 saturated carbocycles. The summed E-state index contributed by atoms with van der Waals surface area (Å²) in [5.41, 5.74) is 1.13. The third-order valence-corrected chi connectivity index (χ3v) is 7.78. The number of likely N-dealkylation sites (tertiary alicyclic amines) is 1. The van der Waals surface area contributed by atoms with Crippen molar-refractivity contribution in [1.29, 1.82) is 0 Å². The van der Waals surface area contributed by atoms with Gasteiger partial charge in [0.25, 0.3) is 0 Å². The van der Waals surface area contributed by atoms with Gasteiger partial charge in [0.1, 0.15) is 0 Å². The highest BCUT2D eigenvalue weighted by Crippen LogP contribution is 2.22. The molecule has 29 heavy (non-hydrogen) atoms. The van der Waals surface area contributed by atoms with Crippen LogP contribution in [0.5, 0.6) is 0 Å². The number of nitrogens with zero attached hydrogens (tertiary/aromatic N) is 3. The van der Waals surface area contributed by atoms with Crippen molar-refractivity contribution in [3.63, 3.8) is 0 Å². The van der Waals surface area contributed by atoms with Crippen molar-refractivity contribution >= 4 is 21.8 Å². The number of carbonyl (C=O) groups is 2. The SMILES string of the molecule is CCCc1ccc(S(=O)(=O)N2CCN(C(=O)[C@H]3CCCN(C(C)=O)C3)CC2)cc1. The first-order chi connectivity index (χ1) is 13.8. The van der Waals surface area contributed by atoms with Gasteiger partial charge < -0.3 is 9.80 Å². The summed E-state index contributed by atoms with van der Waals surface area (Å²) in [6.45, 7) is 6.19. The molecule has 0 aromatic heterocycles. The Hall–Kier alpha value is -1.93. The molecule has 8 heteroatoms. The van der Waals surface area contributed by atoms with E-state index in [1.165, 1.54) is 11.2 Å². The fraction of sp³-hybridized carbons (Fsp3) is 0.619. The molecule has 0 aliphatic carbocycles. The van der Waals surface area contributed by atoms with Gasteiger partial charge in [-0.05, 0) is 37.0 Å². The molecule has 7 nitrogen and oxygen atoms in total. The average Bonchev–Trinajstić information content (AvgIpc) is 2.74. The Morgan fingerprint density at radius 3 is 2.24 bits per heavy atom. The maximum atomic E-state index is 12.9. The predicted molar refractivity (Wildman–Crippen MR) is 111 cm³/mol. The smallest absolute Gasteiger partial charge is 0.243 e. The number of piperazine rings is 1. The Morgan fingerprint density at radius 1 is 1.00 bits per heavy atom. The van der Waals surface area contributed by atoms with Crippen LogP contribution < -0.4 is 0 Å². The number of piperidine rings is 1. The van der Waals surface area contributed by atoms with Gasteiger partial charge in [-0.2, -0.15) is 4.31 Å². The third kappa shape index (κ3) is 4.98. The Labute approximate surface area is 173 Å². The van der Waals surface area contributed by atoms with Gasteiger partial charge in [-0.15, -0.1) is 0 Å². The van der Waals surface area contributed by atoms with Crippen LogP contribution in [0.25, 0.3) is 0 Å². The molecule has 2 saturated heterocycles. The number of carbonyl (C=O) groups excluding carboxylic acids is 2. The number of hydrogen-bond donors (Lipinski definition) is 0. The second kappa shape index (κ2) is 9.26. The minimum absolute atomic E-state index is 0.00312. The molecule has 2 aliphatic rings. The maximum absolute atomic E-state index is 12.9. The van der Waals surface area contributed by atoms with E-state index in [-0.39, 0.29) is 17.7 Å². The molecule has 0 spiro atoms. The van der Waals surface area contributed by atoms with Crippen molar-refractivity contribution < 1.29 is 18.0 Å². The van der Waals surface area contributed by atoms with Gasteiger partial charge in [0, 0.05) is 46.2 Å². The Kier molecular flexibility index (Phi) is 6.95. The molecule has 0 bridgehead atoms. The van der Waals surface area contributed by atoms with Gasteiger partial charge in [-0.25, -0.2) is 8.42 Å². The van der Waals surface area contributed by atoms with Crippen molar-refractivity contribution in [3.05, 3.63) is 29.8 Å². The maximum Gasteiger partial charge on any atom is 0.243 e. The van der Waals surface area contributed by atoms with Crippen LogP contribution in [0.15, 0.2) is 29.2 Å². The van der Waals surface area contributed by atoms with E-state index in [1.54, 1.807) is 21.9 Å². The summed E-state index contributed by atoms with van der Waals surface area (Å²) in [6.07, 6.45) is 3.57. The van der Waals surface area contributed by atoms with Gasteiger partial charge in [-0.1, -0.05) is 25.5 Å². The zero-order valence-corrected chi connectivity index (χ0v) is 18.2. The predicted octanol–water partition coefficient (Wildman–Crippen LogP) is 1.73. The molecule has 1 aromatic carbocycles. The molecule has 0 unspecified atom stereocenters. The lowest BCUT2D eigenvalue weighted by atomic mass is 9.96. The number of sulfonamides is 1. The summed E-state index contributed by atoms with van der Waals surface area (Å²) >= 11 is 0. The molecular formula is C21H31N3O4S. The molecule has 160 valence electrons. The molecule has 0 N–H and O–H groups in total. The quantitative estimate of drug-likeness (QED) is 0.725. The normalized spacial score (nSPS) is 21.2. The van der Waals surface area contributed by atoms with Crippen molar-refractivity contribution in [2.75, 3.05) is 39.3 Å². The summed E-state index contributed by atoms with van der Waals surface area (Å²) in [7, 11) is -3.55. The van der Waals surface area contributed by atoms with Crippen LogP contribution in [-0.2, 0) is 26.0 Å². The van der Waals surface area contributed by atoms with E-state index in [1.807, 2.05) is 12.1 Å². The van der Waals surface area contributed by atoms with Crippen LogP contribution in [-0.4, -0.2) is 73.6 Å². The molecule has 1 aromatic rings. The second-order valence-electron chi connectivity index (χ2n) is 7.93. The first-order valence-electron chi connectivity index (χ1n) is 10.5. The van der Waals surface area contributed by atoms with Gasteiger partial charge in [0.2, 0.25) is 21.8 Å². The largest absolute Gasteiger partial charge is 0.342 e. The van der Waals surface area contributed by atoms with Crippen LogP contribution in [0.3, 0.4) is 0 Å². The molecule has 3 rings (SSSR count). The zero-order valence-electron chi connectivity index (χ0n) is 17.3. The first-order valence-corrected chi connectivity index (χ1v) is 11.9. The van der Waals surface area contributed by atoms with Crippen molar-refractivity contribution in [2.24, 2.45) is 5.92 Å². The number of benzene rings is 1. The summed E-state index contributed by atoms with van der Waals surface area (Å²) < 4.78 is 27.3. The number of aryl methyl sites for hydroxylation is 1. The van der Waals surface area contributed by atoms with Gasteiger partial charge >= 0.3 is 0 Å². The molecule has 2 fully saturated rings. The lowest BCUT2D eigenvalue weighted by molar-refractivity contribution is -0.141. The highest BCUT2D eigenvalue weighted by atomic mass is 32.2. The summed E-state index contributed by atoms with van der Waals surface area (Å²) in [6, 6.07) is 7.10. The lowest BCUT2D eigenvalue weighted by Crippen LogP contribution is -2.53. The highest BCUT2D eigenvalue weighted by Gasteiger charge is 2.34. The monoisotopic (exact) mass is 421 g/mol. The molecular weight excluding hydrogens is 390 g/mol. The molecule has 1 atom stereocenters. The first kappa shape index (κ1) is 21.8. The van der Waals surface area contributed by atoms with Crippen molar-refractivity contribution in [3.8, 4) is 0 Å². The van der Waals surface area contributed by atoms with Crippen molar-refractivity contribution in [2.45, 2.75) is 44.4 Å². The standard InChI is InChI=1S/C21H31N3O4S/c1-3-5-18-7-9-20(10-8-18)29(27,28)24-14-12-22(13-15-24)21(26)19-6-4-11-23(16-19)17(2)25/h7-10,19H,3-6,11-16H2,1-2H3/t19-/m0/s1. The zero-order chi connectivity index (χ0) is 21.0. The van der Waals surface area contributed by atoms with Gasteiger partial charge in [0.05, 0.1) is 10.8 Å². The van der Waals surface area contributed by atoms with E-state index in [2.05, 4.69) is 6.92 Å². The van der Waals surface area contributed by atoms with E-state index in [0.717, 1.165) is 31.2 Å². The minimum Gasteiger partial charge on any atom is -0.342 e. The van der Waals surface area contributed by atoms with E-state index >= 15 is 0 Å². The topological polar surface area (TPSA) is 78.0 Å². The number of hydrogen-bond acceptors (Lipinski definition) is 4. The Balaban J connectivity index is 1.59. The number of amides is 2. The van der Waals surface area contributed by atoms with E-state index in [9.17, 15) is 18.0 Å². The third-order valence-electron chi connectivity index (χ3n) is 5.87. The summed E-state index contributed by atoms with van der Waals surface area (Å²) in [5, 5.41) is 0. The van der Waals surface area contributed by atoms with Gasteiger partial charge in [0.15, 0.2) is 0 Å². The highest BCUT2D eigenvalue weighted by molar-refractivity contribution is 7.89. The van der Waals surface area contributed by atoms with E-state index in [0.29, 0.717) is 44.2 Å². The summed E-state index contributed by atoms with van der Waals surface area (Å²) in [5.74, 6) is -0.137. The molecule has 2 amide bonds. The average molecular weight is 422 g/mol. The summed E-state index contributed by atoms with van der Waals surface area (Å²) in [4.78, 5) is 28.3. The fourth-order valence-corrected chi connectivity index (χ4v) is 5.56. The second-order valence-corrected chi connectivity index (χ2v) is 9.87. The molecule has 2 heterocycles.